The molecule has 3 rings (SSSR count). The van der Waals surface area contributed by atoms with Crippen molar-refractivity contribution in [3.8, 4) is 5.75 Å². The van der Waals surface area contributed by atoms with Crippen LogP contribution in [0.25, 0.3) is 0 Å². The minimum absolute atomic E-state index is 0.0662. The first-order valence-corrected chi connectivity index (χ1v) is 12.7. The van der Waals surface area contributed by atoms with E-state index in [1.807, 2.05) is 6.92 Å². The van der Waals surface area contributed by atoms with Crippen molar-refractivity contribution < 1.29 is 18.3 Å². The maximum atomic E-state index is 14.7. The molecule has 0 bridgehead atoms. The molecule has 174 valence electrons. The number of esters is 1. The Balaban J connectivity index is 1.50. The van der Waals surface area contributed by atoms with Gasteiger partial charge in [0.1, 0.15) is 0 Å². The molecule has 2 aliphatic carbocycles. The summed E-state index contributed by atoms with van der Waals surface area (Å²) in [6.45, 7) is 4.11. The summed E-state index contributed by atoms with van der Waals surface area (Å²) in [5.74, 6) is -0.0976. The Hall–Kier alpha value is -1.45. The number of carbonyl (C=O) groups excluding carboxylic acids is 1. The molecule has 0 spiro atoms. The Morgan fingerprint density at radius 1 is 0.871 bits per heavy atom. The first-order chi connectivity index (χ1) is 15.0. The first kappa shape index (κ1) is 24.2. The van der Waals surface area contributed by atoms with E-state index < -0.39 is 17.6 Å². The average molecular weight is 435 g/mol. The average Bonchev–Trinajstić information content (AvgIpc) is 2.78. The van der Waals surface area contributed by atoms with Gasteiger partial charge in [-0.25, -0.2) is 4.39 Å². The van der Waals surface area contributed by atoms with Gasteiger partial charge in [-0.1, -0.05) is 58.4 Å². The summed E-state index contributed by atoms with van der Waals surface area (Å²) in [6, 6.07) is 3.05. The fourth-order valence-electron chi connectivity index (χ4n) is 5.85. The van der Waals surface area contributed by atoms with Gasteiger partial charge in [0.15, 0.2) is 11.6 Å². The number of ether oxygens (including phenoxy) is 1. The van der Waals surface area contributed by atoms with Crippen molar-refractivity contribution >= 4 is 5.97 Å². The molecule has 1 aromatic carbocycles. The number of unbranched alkanes of at least 4 members (excludes halogenated alkanes) is 2. The van der Waals surface area contributed by atoms with Crippen LogP contribution < -0.4 is 4.74 Å². The maximum Gasteiger partial charge on any atom is 0.311 e. The van der Waals surface area contributed by atoms with Crippen LogP contribution >= 0.6 is 0 Å². The van der Waals surface area contributed by atoms with E-state index in [-0.39, 0.29) is 18.1 Å². The second kappa shape index (κ2) is 12.0. The molecule has 2 aliphatic rings. The molecule has 0 radical (unpaired) electrons. The predicted octanol–water partition coefficient (Wildman–Crippen LogP) is 8.33. The second-order valence-electron chi connectivity index (χ2n) is 9.89. The highest BCUT2D eigenvalue weighted by Gasteiger charge is 2.32. The third-order valence-corrected chi connectivity index (χ3v) is 7.74. The molecule has 2 saturated carbocycles. The van der Waals surface area contributed by atoms with Crippen LogP contribution in [0.5, 0.6) is 5.75 Å². The molecule has 2 fully saturated rings. The van der Waals surface area contributed by atoms with Crippen molar-refractivity contribution in [2.45, 2.75) is 110 Å². The van der Waals surface area contributed by atoms with Crippen LogP contribution in [0, 0.1) is 29.4 Å². The van der Waals surface area contributed by atoms with Gasteiger partial charge in [0.2, 0.25) is 5.82 Å². The summed E-state index contributed by atoms with van der Waals surface area (Å²) in [4.78, 5) is 11.6. The molecular formula is C27H40F2O2. The molecule has 31 heavy (non-hydrogen) atoms. The molecule has 0 aromatic heterocycles. The number of halogens is 2. The van der Waals surface area contributed by atoms with E-state index in [0.717, 1.165) is 43.4 Å². The summed E-state index contributed by atoms with van der Waals surface area (Å²) in [5, 5.41) is 0. The van der Waals surface area contributed by atoms with Crippen molar-refractivity contribution in [3.63, 3.8) is 0 Å². The number of carbonyl (C=O) groups is 1. The van der Waals surface area contributed by atoms with E-state index in [9.17, 15) is 13.6 Å². The highest BCUT2D eigenvalue weighted by Crippen LogP contribution is 2.45. The Kier molecular flexibility index (Phi) is 9.34. The minimum Gasteiger partial charge on any atom is -0.423 e. The van der Waals surface area contributed by atoms with Crippen molar-refractivity contribution in [2.24, 2.45) is 17.8 Å². The summed E-state index contributed by atoms with van der Waals surface area (Å²) in [7, 11) is 0. The highest BCUT2D eigenvalue weighted by atomic mass is 19.2. The van der Waals surface area contributed by atoms with E-state index >= 15 is 0 Å². The summed E-state index contributed by atoms with van der Waals surface area (Å²) < 4.78 is 34.2. The molecular weight excluding hydrogens is 394 g/mol. The predicted molar refractivity (Wildman–Crippen MR) is 121 cm³/mol. The molecule has 0 saturated heterocycles. The van der Waals surface area contributed by atoms with E-state index in [1.165, 1.54) is 57.4 Å². The van der Waals surface area contributed by atoms with Crippen molar-refractivity contribution in [2.75, 3.05) is 0 Å². The van der Waals surface area contributed by atoms with Crippen molar-refractivity contribution in [3.05, 3.63) is 29.3 Å². The standard InChI is InChI=1S/C27H40F2O2/c1-3-5-6-8-19-9-11-20(12-10-19)21-13-15-22(16-14-21)23-17-18-24(27(29)26(23)28)31-25(30)7-4-2/h17-22H,3-16H2,1-2H3. The minimum atomic E-state index is -1.02. The molecule has 4 heteroatoms. The lowest BCUT2D eigenvalue weighted by Gasteiger charge is -2.38. The van der Waals surface area contributed by atoms with E-state index in [0.29, 0.717) is 12.0 Å². The summed E-state index contributed by atoms with van der Waals surface area (Å²) in [6.07, 6.45) is 15.8. The molecule has 0 N–H and O–H groups in total. The zero-order valence-corrected chi connectivity index (χ0v) is 19.4. The molecule has 0 unspecified atom stereocenters. The topological polar surface area (TPSA) is 26.3 Å². The smallest absolute Gasteiger partial charge is 0.311 e. The summed E-state index contributed by atoms with van der Waals surface area (Å²) in [5.41, 5.74) is 0.450. The van der Waals surface area contributed by atoms with Crippen LogP contribution in [0.3, 0.4) is 0 Å². The van der Waals surface area contributed by atoms with Crippen LogP contribution in [-0.4, -0.2) is 5.97 Å². The molecule has 1 aromatic rings. The van der Waals surface area contributed by atoms with Crippen LogP contribution in [0.4, 0.5) is 8.78 Å². The van der Waals surface area contributed by atoms with Crippen LogP contribution in [0.2, 0.25) is 0 Å². The third kappa shape index (κ3) is 6.52. The zero-order chi connectivity index (χ0) is 22.2. The van der Waals surface area contributed by atoms with E-state index in [1.54, 1.807) is 6.07 Å². The van der Waals surface area contributed by atoms with Gasteiger partial charge in [0.25, 0.3) is 0 Å². The van der Waals surface area contributed by atoms with Gasteiger partial charge >= 0.3 is 5.97 Å². The first-order valence-electron chi connectivity index (χ1n) is 12.7. The fraction of sp³-hybridized carbons (Fsp3) is 0.741. The van der Waals surface area contributed by atoms with E-state index in [2.05, 4.69) is 6.92 Å². The number of hydrogen-bond acceptors (Lipinski definition) is 2. The normalized spacial score (nSPS) is 26.6. The fourth-order valence-corrected chi connectivity index (χ4v) is 5.85. The Morgan fingerprint density at radius 3 is 2.13 bits per heavy atom. The lowest BCUT2D eigenvalue weighted by molar-refractivity contribution is -0.134. The largest absolute Gasteiger partial charge is 0.423 e. The van der Waals surface area contributed by atoms with Gasteiger partial charge in [0, 0.05) is 6.42 Å². The van der Waals surface area contributed by atoms with Gasteiger partial charge in [-0.2, -0.15) is 4.39 Å². The Labute approximate surface area is 187 Å². The maximum absolute atomic E-state index is 14.7. The van der Waals surface area contributed by atoms with Crippen molar-refractivity contribution in [1.29, 1.82) is 0 Å². The molecule has 2 nitrogen and oxygen atoms in total. The third-order valence-electron chi connectivity index (χ3n) is 7.74. The van der Waals surface area contributed by atoms with Gasteiger partial charge in [-0.15, -0.1) is 0 Å². The lowest BCUT2D eigenvalue weighted by atomic mass is 9.68. The van der Waals surface area contributed by atoms with Gasteiger partial charge in [0.05, 0.1) is 0 Å². The quantitative estimate of drug-likeness (QED) is 0.222. The van der Waals surface area contributed by atoms with Gasteiger partial charge in [-0.05, 0) is 80.2 Å². The Bertz CT molecular complexity index is 701. The van der Waals surface area contributed by atoms with Crippen LogP contribution in [0.1, 0.15) is 115 Å². The second-order valence-corrected chi connectivity index (χ2v) is 9.89. The molecule has 0 atom stereocenters. The highest BCUT2D eigenvalue weighted by molar-refractivity contribution is 5.72. The molecule has 0 amide bonds. The van der Waals surface area contributed by atoms with Gasteiger partial charge in [-0.3, -0.25) is 4.79 Å². The zero-order valence-electron chi connectivity index (χ0n) is 19.4. The van der Waals surface area contributed by atoms with Crippen molar-refractivity contribution in [1.82, 2.24) is 0 Å². The molecule has 0 heterocycles. The molecule has 0 aliphatic heterocycles. The SMILES string of the molecule is CCCCCC1CCC(C2CCC(c3ccc(OC(=O)CCC)c(F)c3F)CC2)CC1. The lowest BCUT2D eigenvalue weighted by Crippen LogP contribution is -2.25. The van der Waals surface area contributed by atoms with E-state index in [4.69, 9.17) is 4.74 Å². The van der Waals surface area contributed by atoms with Crippen LogP contribution in [-0.2, 0) is 4.79 Å². The van der Waals surface area contributed by atoms with Gasteiger partial charge < -0.3 is 4.74 Å². The number of benzene rings is 1. The monoisotopic (exact) mass is 434 g/mol. The summed E-state index contributed by atoms with van der Waals surface area (Å²) >= 11 is 0. The van der Waals surface area contributed by atoms with Crippen LogP contribution in [0.15, 0.2) is 12.1 Å². The number of rotatable bonds is 9. The number of hydrogen-bond donors (Lipinski definition) is 0. The Morgan fingerprint density at radius 2 is 1.52 bits per heavy atom.